The topological polar surface area (TPSA) is 4.93 Å². The largest absolute Gasteiger partial charge is 0.309 e. The zero-order valence-corrected chi connectivity index (χ0v) is 14.7. The molecule has 26 heavy (non-hydrogen) atoms. The fourth-order valence-corrected chi connectivity index (χ4v) is 3.88. The van der Waals surface area contributed by atoms with Crippen LogP contribution in [-0.4, -0.2) is 4.57 Å². The molecule has 0 aliphatic rings. The van der Waals surface area contributed by atoms with Crippen molar-refractivity contribution >= 4 is 21.8 Å². The molecule has 0 aliphatic carbocycles. The van der Waals surface area contributed by atoms with Gasteiger partial charge in [-0.25, -0.2) is 0 Å². The van der Waals surface area contributed by atoms with Crippen molar-refractivity contribution < 1.29 is 0 Å². The lowest BCUT2D eigenvalue weighted by Crippen LogP contribution is -1.97. The van der Waals surface area contributed by atoms with Crippen LogP contribution >= 0.6 is 0 Å². The third kappa shape index (κ3) is 2.25. The van der Waals surface area contributed by atoms with Crippen LogP contribution < -0.4 is 0 Å². The van der Waals surface area contributed by atoms with Gasteiger partial charge in [-0.3, -0.25) is 0 Å². The third-order valence-electron chi connectivity index (χ3n) is 5.06. The molecule has 0 N–H and O–H groups in total. The van der Waals surface area contributed by atoms with Gasteiger partial charge in [0.25, 0.3) is 0 Å². The van der Waals surface area contributed by atoms with Gasteiger partial charge >= 0.3 is 0 Å². The van der Waals surface area contributed by atoms with E-state index in [9.17, 15) is 0 Å². The highest BCUT2D eigenvalue weighted by atomic mass is 15.0. The maximum atomic E-state index is 2.40. The lowest BCUT2D eigenvalue weighted by molar-refractivity contribution is 1.18. The van der Waals surface area contributed by atoms with Crippen LogP contribution in [0.2, 0.25) is 0 Å². The molecule has 0 aliphatic heterocycles. The molecular weight excluding hydrogens is 314 g/mol. The van der Waals surface area contributed by atoms with Gasteiger partial charge in [-0.15, -0.1) is 0 Å². The molecule has 5 aromatic rings. The number of nitrogens with zero attached hydrogens (tertiary/aromatic N) is 1. The molecule has 0 saturated carbocycles. The van der Waals surface area contributed by atoms with Crippen LogP contribution in [0.4, 0.5) is 0 Å². The summed E-state index contributed by atoms with van der Waals surface area (Å²) in [5.41, 5.74) is 7.49. The van der Waals surface area contributed by atoms with Gasteiger partial charge in [0.2, 0.25) is 0 Å². The third-order valence-corrected chi connectivity index (χ3v) is 5.06. The smallest absolute Gasteiger partial charge is 0.0541 e. The van der Waals surface area contributed by atoms with Gasteiger partial charge in [0.05, 0.1) is 16.7 Å². The van der Waals surface area contributed by atoms with Crippen LogP contribution in [0.25, 0.3) is 38.6 Å². The number of hydrogen-bond donors (Lipinski definition) is 0. The van der Waals surface area contributed by atoms with Crippen LogP contribution in [0.1, 0.15) is 5.56 Å². The number of hydrogen-bond acceptors (Lipinski definition) is 0. The summed E-state index contributed by atoms with van der Waals surface area (Å²) in [7, 11) is 0. The standard InChI is InChI=1S/C25H19N/c1-18-15-16-25(22(17-18)19-9-3-2-4-10-19)26-23-13-7-5-11-20(23)21-12-6-8-14-24(21)26/h2-17H,1H3. The van der Waals surface area contributed by atoms with E-state index in [0.717, 1.165) is 0 Å². The van der Waals surface area contributed by atoms with Crippen molar-refractivity contribution in [2.45, 2.75) is 6.92 Å². The second-order valence-electron chi connectivity index (χ2n) is 6.76. The predicted octanol–water partition coefficient (Wildman–Crippen LogP) is 6.76. The van der Waals surface area contributed by atoms with E-state index in [1.807, 2.05) is 0 Å². The molecular formula is C25H19N. The van der Waals surface area contributed by atoms with E-state index < -0.39 is 0 Å². The summed E-state index contributed by atoms with van der Waals surface area (Å²) in [6, 6.07) is 34.7. The minimum absolute atomic E-state index is 1.22. The summed E-state index contributed by atoms with van der Waals surface area (Å²) >= 11 is 0. The van der Waals surface area contributed by atoms with Crippen molar-refractivity contribution in [1.82, 2.24) is 4.57 Å². The summed E-state index contributed by atoms with van der Waals surface area (Å²) in [5, 5.41) is 2.59. The van der Waals surface area contributed by atoms with Crippen molar-refractivity contribution in [3.8, 4) is 16.8 Å². The van der Waals surface area contributed by atoms with Crippen LogP contribution in [-0.2, 0) is 0 Å². The Hall–Kier alpha value is -3.32. The molecule has 0 saturated heterocycles. The highest BCUT2D eigenvalue weighted by Gasteiger charge is 2.14. The summed E-state index contributed by atoms with van der Waals surface area (Å²) in [5.74, 6) is 0. The number of rotatable bonds is 2. The highest BCUT2D eigenvalue weighted by molar-refractivity contribution is 6.09. The molecule has 5 rings (SSSR count). The Morgan fingerprint density at radius 3 is 1.81 bits per heavy atom. The Labute approximate surface area is 153 Å². The van der Waals surface area contributed by atoms with Gasteiger partial charge in [-0.1, -0.05) is 78.4 Å². The highest BCUT2D eigenvalue weighted by Crippen LogP contribution is 2.36. The Bertz CT molecular complexity index is 1180. The van der Waals surface area contributed by atoms with Gasteiger partial charge < -0.3 is 4.57 Å². The van der Waals surface area contributed by atoms with Crippen molar-refractivity contribution in [3.05, 3.63) is 103 Å². The van der Waals surface area contributed by atoms with Crippen LogP contribution in [0.5, 0.6) is 0 Å². The quantitative estimate of drug-likeness (QED) is 0.336. The molecule has 0 radical (unpaired) electrons. The number of aromatic nitrogens is 1. The number of para-hydroxylation sites is 2. The zero-order chi connectivity index (χ0) is 17.5. The van der Waals surface area contributed by atoms with Gasteiger partial charge in [0.1, 0.15) is 0 Å². The molecule has 124 valence electrons. The average molecular weight is 333 g/mol. The average Bonchev–Trinajstić information content (AvgIpc) is 3.03. The van der Waals surface area contributed by atoms with Gasteiger partial charge in [-0.05, 0) is 36.8 Å². The minimum Gasteiger partial charge on any atom is -0.309 e. The molecule has 1 heteroatoms. The molecule has 1 heterocycles. The molecule has 0 atom stereocenters. The fourth-order valence-electron chi connectivity index (χ4n) is 3.88. The molecule has 1 aromatic heterocycles. The van der Waals surface area contributed by atoms with E-state index in [4.69, 9.17) is 0 Å². The normalized spacial score (nSPS) is 11.3. The lowest BCUT2D eigenvalue weighted by atomic mass is 10.0. The van der Waals surface area contributed by atoms with Gasteiger partial charge in [0, 0.05) is 16.3 Å². The molecule has 0 fully saturated rings. The summed E-state index contributed by atoms with van der Waals surface area (Å²) in [4.78, 5) is 0. The van der Waals surface area contributed by atoms with E-state index >= 15 is 0 Å². The molecule has 0 amide bonds. The Kier molecular flexibility index (Phi) is 3.39. The summed E-state index contributed by atoms with van der Waals surface area (Å²) < 4.78 is 2.40. The first-order valence-corrected chi connectivity index (χ1v) is 8.97. The second kappa shape index (κ2) is 5.89. The Balaban J connectivity index is 1.92. The molecule has 0 spiro atoms. The first-order valence-electron chi connectivity index (χ1n) is 8.97. The summed E-state index contributed by atoms with van der Waals surface area (Å²) in [6.07, 6.45) is 0. The van der Waals surface area contributed by atoms with Crippen molar-refractivity contribution in [1.29, 1.82) is 0 Å². The molecule has 4 aromatic carbocycles. The second-order valence-corrected chi connectivity index (χ2v) is 6.76. The van der Waals surface area contributed by atoms with Gasteiger partial charge in [-0.2, -0.15) is 0 Å². The molecule has 0 unspecified atom stereocenters. The van der Waals surface area contributed by atoms with E-state index in [-0.39, 0.29) is 0 Å². The number of aryl methyl sites for hydroxylation is 1. The maximum Gasteiger partial charge on any atom is 0.0541 e. The Morgan fingerprint density at radius 1 is 0.577 bits per heavy atom. The van der Waals surface area contributed by atoms with Gasteiger partial charge in [0.15, 0.2) is 0 Å². The number of benzene rings is 4. The van der Waals surface area contributed by atoms with Crippen molar-refractivity contribution in [3.63, 3.8) is 0 Å². The SMILES string of the molecule is Cc1ccc(-n2c3ccccc3c3ccccc32)c(-c2ccccc2)c1. The maximum absolute atomic E-state index is 2.40. The van der Waals surface area contributed by atoms with Crippen LogP contribution in [0.15, 0.2) is 97.1 Å². The zero-order valence-electron chi connectivity index (χ0n) is 14.7. The summed E-state index contributed by atoms with van der Waals surface area (Å²) in [6.45, 7) is 2.15. The van der Waals surface area contributed by atoms with E-state index in [1.54, 1.807) is 0 Å². The number of fused-ring (bicyclic) bond motifs is 3. The molecule has 1 nitrogen and oxygen atoms in total. The first-order chi connectivity index (χ1) is 12.8. The van der Waals surface area contributed by atoms with Crippen LogP contribution in [0.3, 0.4) is 0 Å². The first kappa shape index (κ1) is 15.0. The monoisotopic (exact) mass is 333 g/mol. The molecule has 0 bridgehead atoms. The van der Waals surface area contributed by atoms with E-state index in [2.05, 4.69) is 109 Å². The minimum atomic E-state index is 1.22. The van der Waals surface area contributed by atoms with Crippen molar-refractivity contribution in [2.75, 3.05) is 0 Å². The van der Waals surface area contributed by atoms with E-state index in [0.29, 0.717) is 0 Å². The Morgan fingerprint density at radius 2 is 1.15 bits per heavy atom. The van der Waals surface area contributed by atoms with E-state index in [1.165, 1.54) is 44.2 Å². The lowest BCUT2D eigenvalue weighted by Gasteiger charge is -2.15. The predicted molar refractivity (Wildman–Crippen MR) is 111 cm³/mol. The fraction of sp³-hybridized carbons (Fsp3) is 0.0400. The van der Waals surface area contributed by atoms with Crippen molar-refractivity contribution in [2.24, 2.45) is 0 Å². The van der Waals surface area contributed by atoms with Crippen LogP contribution in [0, 0.1) is 6.92 Å².